The summed E-state index contributed by atoms with van der Waals surface area (Å²) in [6.45, 7) is 1.77. The molecule has 0 saturated carbocycles. The highest BCUT2D eigenvalue weighted by Gasteiger charge is 2.29. The molecule has 1 aromatic carbocycles. The Balaban J connectivity index is 1.64. The van der Waals surface area contributed by atoms with Crippen LogP contribution in [0.1, 0.15) is 39.9 Å². The van der Waals surface area contributed by atoms with Crippen molar-refractivity contribution in [3.63, 3.8) is 0 Å². The normalized spacial score (nSPS) is 15.7. The molecule has 1 aliphatic rings. The Hall–Kier alpha value is -3.16. The number of hydrogen-bond donors (Lipinski definition) is 1. The van der Waals surface area contributed by atoms with Gasteiger partial charge in [-0.1, -0.05) is 6.07 Å². The van der Waals surface area contributed by atoms with Gasteiger partial charge in [-0.15, -0.1) is 5.10 Å². The van der Waals surface area contributed by atoms with Crippen LogP contribution in [0, 0.1) is 6.92 Å². The van der Waals surface area contributed by atoms with Crippen molar-refractivity contribution >= 4 is 11.7 Å². The van der Waals surface area contributed by atoms with E-state index < -0.39 is 0 Å². The molecule has 2 heterocycles. The van der Waals surface area contributed by atoms with Crippen molar-refractivity contribution in [2.75, 3.05) is 14.2 Å². The molecule has 0 radical (unpaired) electrons. The topological polar surface area (TPSA) is 90.6 Å². The van der Waals surface area contributed by atoms with E-state index in [2.05, 4.69) is 20.4 Å². The molecule has 1 unspecified atom stereocenters. The number of amides is 1. The van der Waals surface area contributed by atoms with Gasteiger partial charge in [0.25, 0.3) is 11.7 Å². The highest BCUT2D eigenvalue weighted by Crippen LogP contribution is 2.42. The molecule has 1 N–H and O–H groups in total. The summed E-state index contributed by atoms with van der Waals surface area (Å²) in [5.41, 5.74) is 2.54. The second kappa shape index (κ2) is 6.29. The van der Waals surface area contributed by atoms with Gasteiger partial charge in [0.2, 0.25) is 0 Å². The maximum atomic E-state index is 12.8. The van der Waals surface area contributed by atoms with Crippen LogP contribution < -0.4 is 14.8 Å². The monoisotopic (exact) mass is 353 g/mol. The van der Waals surface area contributed by atoms with Crippen LogP contribution in [0.2, 0.25) is 0 Å². The zero-order valence-electron chi connectivity index (χ0n) is 14.8. The van der Waals surface area contributed by atoms with Crippen molar-refractivity contribution in [3.05, 3.63) is 47.0 Å². The zero-order valence-corrected chi connectivity index (χ0v) is 14.8. The number of carbonyl (C=O) groups is 1. The molecule has 1 atom stereocenters. The van der Waals surface area contributed by atoms with Gasteiger partial charge >= 0.3 is 0 Å². The van der Waals surface area contributed by atoms with E-state index in [1.165, 1.54) is 4.52 Å². The fraction of sp³-hybridized carbons (Fsp3) is 0.333. The average molecular weight is 353 g/mol. The molecule has 4 rings (SSSR count). The van der Waals surface area contributed by atoms with Gasteiger partial charge in [0.15, 0.2) is 11.5 Å². The number of nitrogens with one attached hydrogen (secondary N) is 1. The first-order valence-corrected chi connectivity index (χ1v) is 8.35. The van der Waals surface area contributed by atoms with Gasteiger partial charge in [0, 0.05) is 11.8 Å². The third-order valence-corrected chi connectivity index (χ3v) is 4.63. The second-order valence-corrected chi connectivity index (χ2v) is 6.13. The van der Waals surface area contributed by atoms with Crippen molar-refractivity contribution in [2.24, 2.45) is 0 Å². The Kier molecular flexibility index (Phi) is 3.95. The molecule has 26 heavy (non-hydrogen) atoms. The Morgan fingerprint density at radius 2 is 2.12 bits per heavy atom. The molecule has 0 bridgehead atoms. The molecule has 1 aliphatic carbocycles. The van der Waals surface area contributed by atoms with Gasteiger partial charge in [-0.3, -0.25) is 4.79 Å². The van der Waals surface area contributed by atoms with Crippen molar-refractivity contribution in [1.29, 1.82) is 0 Å². The minimum absolute atomic E-state index is 0.0925. The van der Waals surface area contributed by atoms with E-state index in [-0.39, 0.29) is 11.9 Å². The van der Waals surface area contributed by atoms with E-state index in [0.717, 1.165) is 29.7 Å². The Labute approximate surface area is 150 Å². The minimum atomic E-state index is -0.213. The summed E-state index contributed by atoms with van der Waals surface area (Å²) in [4.78, 5) is 21.2. The standard InChI is InChI=1S/C18H19N5O3/c1-10-20-18-19-9-8-14(23(18)22-10)17(24)21-13-6-4-12-11(13)5-7-15(25-2)16(12)26-3/h5,7-9,13H,4,6H2,1-3H3,(H,21,24). The van der Waals surface area contributed by atoms with Gasteiger partial charge in [0.1, 0.15) is 11.5 Å². The highest BCUT2D eigenvalue weighted by atomic mass is 16.5. The summed E-state index contributed by atoms with van der Waals surface area (Å²) >= 11 is 0. The van der Waals surface area contributed by atoms with Crippen LogP contribution >= 0.6 is 0 Å². The van der Waals surface area contributed by atoms with Crippen LogP contribution in [0.3, 0.4) is 0 Å². The number of carbonyl (C=O) groups excluding carboxylic acids is 1. The largest absolute Gasteiger partial charge is 0.493 e. The third-order valence-electron chi connectivity index (χ3n) is 4.63. The summed E-state index contributed by atoms with van der Waals surface area (Å²) in [6, 6.07) is 5.40. The molecule has 0 spiro atoms. The number of ether oxygens (including phenoxy) is 2. The number of benzene rings is 1. The molecule has 0 fully saturated rings. The lowest BCUT2D eigenvalue weighted by atomic mass is 10.1. The molecule has 134 valence electrons. The van der Waals surface area contributed by atoms with Crippen molar-refractivity contribution in [1.82, 2.24) is 24.9 Å². The number of hydrogen-bond acceptors (Lipinski definition) is 6. The number of rotatable bonds is 4. The van der Waals surface area contributed by atoms with Crippen molar-refractivity contribution in [3.8, 4) is 11.5 Å². The highest BCUT2D eigenvalue weighted by molar-refractivity contribution is 5.93. The van der Waals surface area contributed by atoms with Gasteiger partial charge in [-0.25, -0.2) is 4.98 Å². The zero-order chi connectivity index (χ0) is 18.3. The lowest BCUT2D eigenvalue weighted by molar-refractivity contribution is 0.0929. The van der Waals surface area contributed by atoms with Crippen molar-refractivity contribution in [2.45, 2.75) is 25.8 Å². The van der Waals surface area contributed by atoms with E-state index in [0.29, 0.717) is 23.0 Å². The molecule has 8 nitrogen and oxygen atoms in total. The molecule has 1 amide bonds. The lowest BCUT2D eigenvalue weighted by Gasteiger charge is -2.16. The summed E-state index contributed by atoms with van der Waals surface area (Å²) in [7, 11) is 3.25. The number of methoxy groups -OCH3 is 2. The first-order valence-electron chi connectivity index (χ1n) is 8.35. The molecular formula is C18H19N5O3. The second-order valence-electron chi connectivity index (χ2n) is 6.13. The Morgan fingerprint density at radius 3 is 2.88 bits per heavy atom. The van der Waals surface area contributed by atoms with Gasteiger partial charge in [-0.05, 0) is 37.5 Å². The van der Waals surface area contributed by atoms with Gasteiger partial charge < -0.3 is 14.8 Å². The quantitative estimate of drug-likeness (QED) is 0.770. The Bertz CT molecular complexity index is 998. The predicted octanol–water partition coefficient (Wildman–Crippen LogP) is 1.87. The molecular weight excluding hydrogens is 334 g/mol. The summed E-state index contributed by atoms with van der Waals surface area (Å²) in [6.07, 6.45) is 3.18. The smallest absolute Gasteiger partial charge is 0.270 e. The molecule has 2 aromatic heterocycles. The van der Waals surface area contributed by atoms with Crippen LogP contribution in [0.4, 0.5) is 0 Å². The van der Waals surface area contributed by atoms with Gasteiger partial charge in [0.05, 0.1) is 20.3 Å². The maximum Gasteiger partial charge on any atom is 0.270 e. The van der Waals surface area contributed by atoms with Gasteiger partial charge in [-0.2, -0.15) is 9.50 Å². The third kappa shape index (κ3) is 2.54. The van der Waals surface area contributed by atoms with E-state index in [9.17, 15) is 4.79 Å². The fourth-order valence-corrected chi connectivity index (χ4v) is 3.48. The number of nitrogens with zero attached hydrogens (tertiary/aromatic N) is 4. The van der Waals surface area contributed by atoms with Crippen LogP contribution in [-0.2, 0) is 6.42 Å². The number of fused-ring (bicyclic) bond motifs is 2. The molecule has 0 saturated heterocycles. The molecule has 8 heteroatoms. The van der Waals surface area contributed by atoms with Crippen LogP contribution in [0.15, 0.2) is 24.4 Å². The van der Waals surface area contributed by atoms with E-state index >= 15 is 0 Å². The average Bonchev–Trinajstić information content (AvgIpc) is 3.22. The van der Waals surface area contributed by atoms with E-state index in [4.69, 9.17) is 9.47 Å². The predicted molar refractivity (Wildman–Crippen MR) is 93.6 cm³/mol. The fourth-order valence-electron chi connectivity index (χ4n) is 3.48. The van der Waals surface area contributed by atoms with E-state index in [1.54, 1.807) is 33.4 Å². The summed E-state index contributed by atoms with van der Waals surface area (Å²) in [5.74, 6) is 2.20. The van der Waals surface area contributed by atoms with Crippen LogP contribution in [0.5, 0.6) is 11.5 Å². The van der Waals surface area contributed by atoms with E-state index in [1.807, 2.05) is 12.1 Å². The van der Waals surface area contributed by atoms with Crippen LogP contribution in [-0.4, -0.2) is 39.7 Å². The first kappa shape index (κ1) is 16.3. The Morgan fingerprint density at radius 1 is 1.27 bits per heavy atom. The minimum Gasteiger partial charge on any atom is -0.493 e. The summed E-state index contributed by atoms with van der Waals surface area (Å²) < 4.78 is 12.3. The van der Waals surface area contributed by atoms with Crippen molar-refractivity contribution < 1.29 is 14.3 Å². The lowest BCUT2D eigenvalue weighted by Crippen LogP contribution is -2.29. The number of aromatic nitrogens is 4. The summed E-state index contributed by atoms with van der Waals surface area (Å²) in [5, 5.41) is 7.34. The number of aryl methyl sites for hydroxylation is 1. The van der Waals surface area contributed by atoms with Crippen LogP contribution in [0.25, 0.3) is 5.78 Å². The molecule has 3 aromatic rings. The SMILES string of the molecule is COc1ccc2c(c1OC)CCC2NC(=O)c1ccnc2nc(C)nn12. The first-order chi connectivity index (χ1) is 12.6. The molecule has 0 aliphatic heterocycles. The maximum absolute atomic E-state index is 12.8.